The molecule has 1 N–H and O–H groups in total. The van der Waals surface area contributed by atoms with Gasteiger partial charge in [-0.3, -0.25) is 0 Å². The lowest BCUT2D eigenvalue weighted by molar-refractivity contribution is 0.208. The number of allylic oxidation sites excluding steroid dienone is 2. The van der Waals surface area contributed by atoms with Crippen molar-refractivity contribution in [3.63, 3.8) is 0 Å². The van der Waals surface area contributed by atoms with E-state index >= 15 is 0 Å². The fraction of sp³-hybridized carbons (Fsp3) is 0.750. The Morgan fingerprint density at radius 3 is 2.41 bits per heavy atom. The summed E-state index contributed by atoms with van der Waals surface area (Å²) in [4.78, 5) is 0. The van der Waals surface area contributed by atoms with E-state index in [0.29, 0.717) is 0 Å². The summed E-state index contributed by atoms with van der Waals surface area (Å²) in [6, 6.07) is 0. The molecular formula is C16H30O. The zero-order valence-corrected chi connectivity index (χ0v) is 11.8. The van der Waals surface area contributed by atoms with Gasteiger partial charge in [0.1, 0.15) is 0 Å². The molecule has 0 rings (SSSR count). The Labute approximate surface area is 108 Å². The summed E-state index contributed by atoms with van der Waals surface area (Å²) in [5, 5.41) is 9.87. The van der Waals surface area contributed by atoms with E-state index < -0.39 is 0 Å². The predicted molar refractivity (Wildman–Crippen MR) is 77.2 cm³/mol. The van der Waals surface area contributed by atoms with Crippen LogP contribution in [0.5, 0.6) is 0 Å². The molecule has 0 radical (unpaired) electrons. The lowest BCUT2D eigenvalue weighted by Crippen LogP contribution is -2.03. The van der Waals surface area contributed by atoms with E-state index in [4.69, 9.17) is 0 Å². The van der Waals surface area contributed by atoms with Gasteiger partial charge in [0.15, 0.2) is 0 Å². The van der Waals surface area contributed by atoms with Crippen molar-refractivity contribution in [2.75, 3.05) is 0 Å². The van der Waals surface area contributed by atoms with Gasteiger partial charge in [0.25, 0.3) is 0 Å². The van der Waals surface area contributed by atoms with Gasteiger partial charge in [-0.1, -0.05) is 63.7 Å². The van der Waals surface area contributed by atoms with E-state index in [1.807, 2.05) is 6.08 Å². The first-order chi connectivity index (χ1) is 8.24. The van der Waals surface area contributed by atoms with Crippen molar-refractivity contribution in [3.05, 3.63) is 24.3 Å². The number of aliphatic hydroxyl groups is 1. The van der Waals surface area contributed by atoms with Crippen molar-refractivity contribution in [2.24, 2.45) is 0 Å². The van der Waals surface area contributed by atoms with Crippen molar-refractivity contribution < 1.29 is 5.11 Å². The first kappa shape index (κ1) is 16.4. The van der Waals surface area contributed by atoms with Crippen LogP contribution in [0.25, 0.3) is 0 Å². The van der Waals surface area contributed by atoms with Crippen LogP contribution >= 0.6 is 0 Å². The highest BCUT2D eigenvalue weighted by Crippen LogP contribution is 2.16. The van der Waals surface area contributed by atoms with Crippen LogP contribution in [-0.2, 0) is 0 Å². The van der Waals surface area contributed by atoms with Crippen molar-refractivity contribution in [2.45, 2.75) is 77.7 Å². The van der Waals surface area contributed by atoms with Crippen LogP contribution in [0.2, 0.25) is 0 Å². The predicted octanol–water partition coefficient (Wildman–Crippen LogP) is 5.01. The van der Waals surface area contributed by atoms with Gasteiger partial charge in [-0.05, 0) is 25.7 Å². The number of hydrogen-bond donors (Lipinski definition) is 1. The van der Waals surface area contributed by atoms with Gasteiger partial charge in [-0.15, -0.1) is 6.58 Å². The van der Waals surface area contributed by atoms with Crippen molar-refractivity contribution in [1.29, 1.82) is 0 Å². The molecule has 0 saturated carbocycles. The zero-order valence-electron chi connectivity index (χ0n) is 11.8. The van der Waals surface area contributed by atoms with Crippen LogP contribution in [0.4, 0.5) is 0 Å². The summed E-state index contributed by atoms with van der Waals surface area (Å²) >= 11 is 0. The average molecular weight is 238 g/mol. The van der Waals surface area contributed by atoms with E-state index in [2.05, 4.69) is 26.5 Å². The Bertz CT molecular complexity index is 206. The van der Waals surface area contributed by atoms with Crippen LogP contribution in [-0.4, -0.2) is 11.2 Å². The molecule has 0 aromatic heterocycles. The van der Waals surface area contributed by atoms with Crippen molar-refractivity contribution in [3.8, 4) is 0 Å². The highest BCUT2D eigenvalue weighted by atomic mass is 16.3. The van der Waals surface area contributed by atoms with E-state index in [1.54, 1.807) is 0 Å². The molecule has 0 saturated heterocycles. The summed E-state index contributed by atoms with van der Waals surface area (Å²) in [5.41, 5.74) is 1.36. The molecule has 1 atom stereocenters. The topological polar surface area (TPSA) is 20.2 Å². The maximum Gasteiger partial charge on any atom is 0.0723 e. The van der Waals surface area contributed by atoms with Crippen LogP contribution < -0.4 is 0 Å². The highest BCUT2D eigenvalue weighted by Gasteiger charge is 2.02. The fourth-order valence-electron chi connectivity index (χ4n) is 1.99. The molecule has 1 heteroatoms. The molecule has 0 aliphatic carbocycles. The van der Waals surface area contributed by atoms with E-state index in [9.17, 15) is 5.11 Å². The molecule has 0 aliphatic rings. The summed E-state index contributed by atoms with van der Waals surface area (Å²) in [6.07, 6.45) is 14.1. The van der Waals surface area contributed by atoms with Crippen LogP contribution in [0, 0.1) is 0 Å². The van der Waals surface area contributed by atoms with Crippen LogP contribution in [0.1, 0.15) is 71.6 Å². The quantitative estimate of drug-likeness (QED) is 0.396. The smallest absolute Gasteiger partial charge is 0.0723 e. The first-order valence-electron chi connectivity index (χ1n) is 7.23. The highest BCUT2D eigenvalue weighted by molar-refractivity contribution is 5.08. The van der Waals surface area contributed by atoms with Gasteiger partial charge in [-0.2, -0.15) is 0 Å². The molecule has 1 nitrogen and oxygen atoms in total. The maximum absolute atomic E-state index is 9.87. The third-order valence-electron chi connectivity index (χ3n) is 3.04. The standard InChI is InChI=1S/C16H30O/c1-4-7-9-10-12-15(11-6-3)14-16(17)13-8-5-2/h6,14,16-17H,3-5,7-13H2,1-2H3/b15-14-. The van der Waals surface area contributed by atoms with Crippen molar-refractivity contribution >= 4 is 0 Å². The largest absolute Gasteiger partial charge is 0.389 e. The molecular weight excluding hydrogens is 208 g/mol. The van der Waals surface area contributed by atoms with Gasteiger partial charge >= 0.3 is 0 Å². The maximum atomic E-state index is 9.87. The first-order valence-corrected chi connectivity index (χ1v) is 7.23. The summed E-state index contributed by atoms with van der Waals surface area (Å²) in [5.74, 6) is 0. The molecule has 0 heterocycles. The molecule has 0 amide bonds. The lowest BCUT2D eigenvalue weighted by atomic mass is 10.0. The molecule has 1 unspecified atom stereocenters. The molecule has 0 aliphatic heterocycles. The van der Waals surface area contributed by atoms with E-state index in [0.717, 1.165) is 32.1 Å². The third kappa shape index (κ3) is 10.3. The molecule has 0 spiro atoms. The monoisotopic (exact) mass is 238 g/mol. The third-order valence-corrected chi connectivity index (χ3v) is 3.04. The Morgan fingerprint density at radius 2 is 1.82 bits per heavy atom. The minimum Gasteiger partial charge on any atom is -0.389 e. The minimum atomic E-state index is -0.254. The molecule has 0 aromatic rings. The molecule has 100 valence electrons. The van der Waals surface area contributed by atoms with E-state index in [1.165, 1.54) is 31.3 Å². The molecule has 0 aromatic carbocycles. The second kappa shape index (κ2) is 11.9. The average Bonchev–Trinajstić information content (AvgIpc) is 2.32. The van der Waals surface area contributed by atoms with Gasteiger partial charge in [0.05, 0.1) is 6.10 Å². The molecule has 0 fully saturated rings. The Hall–Kier alpha value is -0.560. The molecule has 0 bridgehead atoms. The fourth-order valence-corrected chi connectivity index (χ4v) is 1.99. The van der Waals surface area contributed by atoms with Gasteiger partial charge in [0.2, 0.25) is 0 Å². The zero-order chi connectivity index (χ0) is 12.9. The number of unbranched alkanes of at least 4 members (excludes halogenated alkanes) is 4. The SMILES string of the molecule is C=CC/C(=C/C(O)CCCC)CCCCCC. The number of hydrogen-bond acceptors (Lipinski definition) is 1. The van der Waals surface area contributed by atoms with Crippen LogP contribution in [0.15, 0.2) is 24.3 Å². The second-order valence-corrected chi connectivity index (χ2v) is 4.84. The van der Waals surface area contributed by atoms with E-state index in [-0.39, 0.29) is 6.10 Å². The number of aliphatic hydroxyl groups excluding tert-OH is 1. The lowest BCUT2D eigenvalue weighted by Gasteiger charge is -2.09. The Kier molecular flexibility index (Phi) is 11.5. The van der Waals surface area contributed by atoms with Gasteiger partial charge in [-0.25, -0.2) is 0 Å². The Morgan fingerprint density at radius 1 is 1.12 bits per heavy atom. The summed E-state index contributed by atoms with van der Waals surface area (Å²) in [6.45, 7) is 8.18. The molecule has 17 heavy (non-hydrogen) atoms. The normalized spacial score (nSPS) is 13.7. The second-order valence-electron chi connectivity index (χ2n) is 4.84. The van der Waals surface area contributed by atoms with Gasteiger partial charge in [0, 0.05) is 0 Å². The number of rotatable bonds is 11. The van der Waals surface area contributed by atoms with Gasteiger partial charge < -0.3 is 5.11 Å². The summed E-state index contributed by atoms with van der Waals surface area (Å²) in [7, 11) is 0. The van der Waals surface area contributed by atoms with Crippen molar-refractivity contribution in [1.82, 2.24) is 0 Å². The minimum absolute atomic E-state index is 0.254. The summed E-state index contributed by atoms with van der Waals surface area (Å²) < 4.78 is 0. The van der Waals surface area contributed by atoms with Crippen LogP contribution in [0.3, 0.4) is 0 Å². The Balaban J connectivity index is 4.00.